The summed E-state index contributed by atoms with van der Waals surface area (Å²) < 4.78 is 0.872. The number of nitrogens with two attached hydrogens (primary N) is 1. The van der Waals surface area contributed by atoms with E-state index in [-0.39, 0.29) is 5.91 Å². The van der Waals surface area contributed by atoms with Crippen LogP contribution in [0.15, 0.2) is 22.7 Å². The van der Waals surface area contributed by atoms with Crippen molar-refractivity contribution in [1.29, 1.82) is 0 Å². The second-order valence-corrected chi connectivity index (χ2v) is 6.14. The molecule has 1 saturated carbocycles. The summed E-state index contributed by atoms with van der Waals surface area (Å²) in [7, 11) is 0. The van der Waals surface area contributed by atoms with Gasteiger partial charge in [0.15, 0.2) is 0 Å². The van der Waals surface area contributed by atoms with E-state index in [1.165, 1.54) is 19.3 Å². The third kappa shape index (κ3) is 3.25. The predicted molar refractivity (Wildman–Crippen MR) is 77.4 cm³/mol. The highest BCUT2D eigenvalue weighted by molar-refractivity contribution is 9.10. The van der Waals surface area contributed by atoms with Gasteiger partial charge in [-0.1, -0.05) is 29.3 Å². The van der Waals surface area contributed by atoms with E-state index in [1.807, 2.05) is 6.07 Å². The van der Waals surface area contributed by atoms with Gasteiger partial charge >= 0.3 is 0 Å². The molecule has 3 nitrogen and oxygen atoms in total. The molecule has 3 N–H and O–H groups in total. The summed E-state index contributed by atoms with van der Waals surface area (Å²) in [6.45, 7) is 3.03. The van der Waals surface area contributed by atoms with Crippen molar-refractivity contribution in [2.45, 2.75) is 26.2 Å². The maximum absolute atomic E-state index is 12.0. The van der Waals surface area contributed by atoms with Crippen molar-refractivity contribution in [2.75, 3.05) is 12.3 Å². The number of halogens is 1. The highest BCUT2D eigenvalue weighted by Crippen LogP contribution is 2.29. The van der Waals surface area contributed by atoms with Gasteiger partial charge in [0.1, 0.15) is 0 Å². The first-order valence-corrected chi connectivity index (χ1v) is 7.18. The van der Waals surface area contributed by atoms with Crippen LogP contribution < -0.4 is 11.1 Å². The number of nitrogen functional groups attached to an aromatic ring is 1. The predicted octanol–water partition coefficient (Wildman–Crippen LogP) is 3.20. The lowest BCUT2D eigenvalue weighted by Crippen LogP contribution is -2.29. The molecule has 1 fully saturated rings. The maximum Gasteiger partial charge on any atom is 0.253 e. The average Bonchev–Trinajstić information content (AvgIpc) is 2.75. The summed E-state index contributed by atoms with van der Waals surface area (Å²) in [5, 5.41) is 2.99. The molecule has 0 spiro atoms. The standard InChI is InChI=1S/C14H19BrN2O/c1-9-2-3-10(6-9)8-17-14(18)12-7-11(15)4-5-13(12)16/h4-5,7,9-10H,2-3,6,8,16H2,1H3,(H,17,18). The highest BCUT2D eigenvalue weighted by Gasteiger charge is 2.22. The van der Waals surface area contributed by atoms with Crippen molar-refractivity contribution in [1.82, 2.24) is 5.32 Å². The van der Waals surface area contributed by atoms with Gasteiger partial charge in [-0.15, -0.1) is 0 Å². The van der Waals surface area contributed by atoms with Crippen LogP contribution in [0.2, 0.25) is 0 Å². The van der Waals surface area contributed by atoms with Gasteiger partial charge in [-0.25, -0.2) is 0 Å². The zero-order valence-electron chi connectivity index (χ0n) is 10.6. The summed E-state index contributed by atoms with van der Waals surface area (Å²) in [6, 6.07) is 5.35. The van der Waals surface area contributed by atoms with Gasteiger partial charge < -0.3 is 11.1 Å². The molecule has 98 valence electrons. The van der Waals surface area contributed by atoms with Crippen molar-refractivity contribution in [3.8, 4) is 0 Å². The minimum Gasteiger partial charge on any atom is -0.398 e. The van der Waals surface area contributed by atoms with Crippen molar-refractivity contribution >= 4 is 27.5 Å². The lowest BCUT2D eigenvalue weighted by molar-refractivity contribution is 0.0948. The van der Waals surface area contributed by atoms with Crippen molar-refractivity contribution in [3.05, 3.63) is 28.2 Å². The molecule has 0 bridgehead atoms. The van der Waals surface area contributed by atoms with Crippen LogP contribution in [0.25, 0.3) is 0 Å². The average molecular weight is 311 g/mol. The van der Waals surface area contributed by atoms with Crippen LogP contribution in [0.1, 0.15) is 36.5 Å². The molecule has 2 rings (SSSR count). The molecule has 2 unspecified atom stereocenters. The zero-order valence-corrected chi connectivity index (χ0v) is 12.2. The van der Waals surface area contributed by atoms with E-state index in [1.54, 1.807) is 12.1 Å². The fourth-order valence-electron chi connectivity index (χ4n) is 2.57. The molecule has 0 heterocycles. The molecule has 0 aliphatic heterocycles. The van der Waals surface area contributed by atoms with Gasteiger partial charge in [-0.05, 0) is 42.9 Å². The second kappa shape index (κ2) is 5.74. The fourth-order valence-corrected chi connectivity index (χ4v) is 2.93. The molecule has 1 aromatic rings. The number of nitrogens with one attached hydrogen (secondary N) is 1. The summed E-state index contributed by atoms with van der Waals surface area (Å²) in [5.74, 6) is 1.34. The van der Waals surface area contributed by atoms with E-state index >= 15 is 0 Å². The van der Waals surface area contributed by atoms with Gasteiger partial charge in [-0.2, -0.15) is 0 Å². The molecule has 1 amide bonds. The molecule has 4 heteroatoms. The van der Waals surface area contributed by atoms with Gasteiger partial charge in [0, 0.05) is 16.7 Å². The van der Waals surface area contributed by atoms with Gasteiger partial charge in [0.25, 0.3) is 5.91 Å². The molecule has 18 heavy (non-hydrogen) atoms. The number of benzene rings is 1. The Kier molecular flexibility index (Phi) is 4.27. The molecule has 2 atom stereocenters. The number of anilines is 1. The smallest absolute Gasteiger partial charge is 0.253 e. The van der Waals surface area contributed by atoms with Crippen LogP contribution in [-0.4, -0.2) is 12.5 Å². The monoisotopic (exact) mass is 310 g/mol. The first kappa shape index (κ1) is 13.4. The maximum atomic E-state index is 12.0. The number of hydrogen-bond donors (Lipinski definition) is 2. The molecular weight excluding hydrogens is 292 g/mol. The number of carbonyl (C=O) groups excluding carboxylic acids is 1. The Labute approximate surface area is 116 Å². The molecule has 0 saturated heterocycles. The van der Waals surface area contributed by atoms with Gasteiger partial charge in [-0.3, -0.25) is 4.79 Å². The Morgan fingerprint density at radius 1 is 1.50 bits per heavy atom. The third-order valence-corrected chi connectivity index (χ3v) is 4.11. The van der Waals surface area contributed by atoms with E-state index in [0.29, 0.717) is 17.2 Å². The van der Waals surface area contributed by atoms with Crippen LogP contribution in [0, 0.1) is 11.8 Å². The van der Waals surface area contributed by atoms with Crippen LogP contribution in [0.4, 0.5) is 5.69 Å². The summed E-state index contributed by atoms with van der Waals surface area (Å²) >= 11 is 3.35. The van der Waals surface area contributed by atoms with Crippen LogP contribution in [0.5, 0.6) is 0 Å². The normalized spacial score (nSPS) is 23.0. The van der Waals surface area contributed by atoms with E-state index in [0.717, 1.165) is 16.9 Å². The Morgan fingerprint density at radius 3 is 2.94 bits per heavy atom. The number of amides is 1. The van der Waals surface area contributed by atoms with E-state index in [4.69, 9.17) is 5.73 Å². The topological polar surface area (TPSA) is 55.1 Å². The Bertz CT molecular complexity index is 447. The Balaban J connectivity index is 1.93. The van der Waals surface area contributed by atoms with Crippen LogP contribution in [0.3, 0.4) is 0 Å². The van der Waals surface area contributed by atoms with Crippen LogP contribution >= 0.6 is 15.9 Å². The van der Waals surface area contributed by atoms with Gasteiger partial charge in [0.2, 0.25) is 0 Å². The summed E-state index contributed by atoms with van der Waals surface area (Å²) in [6.07, 6.45) is 3.71. The molecule has 1 aliphatic carbocycles. The Morgan fingerprint density at radius 2 is 2.28 bits per heavy atom. The minimum absolute atomic E-state index is 0.0756. The first-order valence-electron chi connectivity index (χ1n) is 6.39. The minimum atomic E-state index is -0.0756. The number of hydrogen-bond acceptors (Lipinski definition) is 2. The fraction of sp³-hybridized carbons (Fsp3) is 0.500. The number of carbonyl (C=O) groups is 1. The first-order chi connectivity index (χ1) is 8.56. The van der Waals surface area contributed by atoms with Crippen molar-refractivity contribution < 1.29 is 4.79 Å². The van der Waals surface area contributed by atoms with Crippen LogP contribution in [-0.2, 0) is 0 Å². The quantitative estimate of drug-likeness (QED) is 0.842. The second-order valence-electron chi connectivity index (χ2n) is 5.23. The molecule has 1 aromatic carbocycles. The summed E-state index contributed by atoms with van der Waals surface area (Å²) in [4.78, 5) is 12.0. The SMILES string of the molecule is CC1CCC(CNC(=O)c2cc(Br)ccc2N)C1. The van der Waals surface area contributed by atoms with E-state index in [2.05, 4.69) is 28.2 Å². The third-order valence-electron chi connectivity index (χ3n) is 3.61. The van der Waals surface area contributed by atoms with Crippen molar-refractivity contribution in [3.63, 3.8) is 0 Å². The largest absolute Gasteiger partial charge is 0.398 e. The van der Waals surface area contributed by atoms with E-state index in [9.17, 15) is 4.79 Å². The molecule has 0 radical (unpaired) electrons. The lowest BCUT2D eigenvalue weighted by Gasteiger charge is -2.12. The summed E-state index contributed by atoms with van der Waals surface area (Å²) in [5.41, 5.74) is 6.89. The van der Waals surface area contributed by atoms with E-state index < -0.39 is 0 Å². The molecule has 1 aliphatic rings. The highest BCUT2D eigenvalue weighted by atomic mass is 79.9. The molecule has 0 aromatic heterocycles. The van der Waals surface area contributed by atoms with Gasteiger partial charge in [0.05, 0.1) is 5.56 Å². The molecular formula is C14H19BrN2O. The Hall–Kier alpha value is -1.03. The number of rotatable bonds is 3. The lowest BCUT2D eigenvalue weighted by atomic mass is 10.1. The zero-order chi connectivity index (χ0) is 13.1. The van der Waals surface area contributed by atoms with Crippen molar-refractivity contribution in [2.24, 2.45) is 11.8 Å².